The van der Waals surface area contributed by atoms with Crippen LogP contribution in [0.3, 0.4) is 0 Å². The summed E-state index contributed by atoms with van der Waals surface area (Å²) < 4.78 is 5.29. The van der Waals surface area contributed by atoms with Crippen molar-refractivity contribution in [2.45, 2.75) is 39.0 Å². The SMILES string of the molecule is CCOCCNCCN(C)CC1CCCCC1. The molecule has 1 aliphatic carbocycles. The second kappa shape index (κ2) is 9.86. The van der Waals surface area contributed by atoms with Gasteiger partial charge in [-0.15, -0.1) is 0 Å². The van der Waals surface area contributed by atoms with Crippen LogP contribution in [0, 0.1) is 5.92 Å². The first-order chi connectivity index (χ1) is 8.33. The lowest BCUT2D eigenvalue weighted by Crippen LogP contribution is -2.34. The van der Waals surface area contributed by atoms with Crippen LogP contribution >= 0.6 is 0 Å². The quantitative estimate of drug-likeness (QED) is 0.627. The van der Waals surface area contributed by atoms with Crippen molar-refractivity contribution in [2.75, 3.05) is 46.4 Å². The van der Waals surface area contributed by atoms with Crippen molar-refractivity contribution in [1.82, 2.24) is 10.2 Å². The number of hydrogen-bond donors (Lipinski definition) is 1. The van der Waals surface area contributed by atoms with Gasteiger partial charge in [-0.3, -0.25) is 0 Å². The van der Waals surface area contributed by atoms with E-state index in [0.717, 1.165) is 38.8 Å². The first-order valence-corrected chi connectivity index (χ1v) is 7.30. The van der Waals surface area contributed by atoms with Gasteiger partial charge in [0.15, 0.2) is 0 Å². The van der Waals surface area contributed by atoms with Crippen LogP contribution in [0.2, 0.25) is 0 Å². The fourth-order valence-electron chi connectivity index (χ4n) is 2.59. The summed E-state index contributed by atoms with van der Waals surface area (Å²) in [7, 11) is 2.25. The standard InChI is InChI=1S/C14H30N2O/c1-3-17-12-10-15-9-11-16(2)13-14-7-5-4-6-8-14/h14-15H,3-13H2,1-2H3. The van der Waals surface area contributed by atoms with Gasteiger partial charge in [0.05, 0.1) is 6.61 Å². The Morgan fingerprint density at radius 3 is 2.65 bits per heavy atom. The summed E-state index contributed by atoms with van der Waals surface area (Å²) in [5.41, 5.74) is 0. The largest absolute Gasteiger partial charge is 0.380 e. The zero-order chi connectivity index (χ0) is 12.3. The number of ether oxygens (including phenoxy) is 1. The average molecular weight is 242 g/mol. The van der Waals surface area contributed by atoms with Gasteiger partial charge in [0.2, 0.25) is 0 Å². The molecule has 1 aliphatic rings. The summed E-state index contributed by atoms with van der Waals surface area (Å²) in [6.07, 6.45) is 7.25. The average Bonchev–Trinajstić information content (AvgIpc) is 2.35. The lowest BCUT2D eigenvalue weighted by Gasteiger charge is -2.27. The summed E-state index contributed by atoms with van der Waals surface area (Å²) in [6.45, 7) is 8.20. The second-order valence-corrected chi connectivity index (χ2v) is 5.21. The van der Waals surface area contributed by atoms with Crippen molar-refractivity contribution in [3.63, 3.8) is 0 Å². The van der Waals surface area contributed by atoms with Gasteiger partial charge in [-0.05, 0) is 32.7 Å². The molecule has 3 heteroatoms. The highest BCUT2D eigenvalue weighted by Gasteiger charge is 2.14. The molecule has 1 rings (SSSR count). The lowest BCUT2D eigenvalue weighted by molar-refractivity contribution is 0.148. The Bertz CT molecular complexity index is 170. The number of hydrogen-bond acceptors (Lipinski definition) is 3. The van der Waals surface area contributed by atoms with E-state index in [1.165, 1.54) is 38.6 Å². The maximum atomic E-state index is 5.29. The maximum Gasteiger partial charge on any atom is 0.0590 e. The predicted molar refractivity (Wildman–Crippen MR) is 73.4 cm³/mol. The predicted octanol–water partition coefficient (Wildman–Crippen LogP) is 2.12. The zero-order valence-electron chi connectivity index (χ0n) is 11.7. The third kappa shape index (κ3) is 7.74. The molecule has 0 bridgehead atoms. The fraction of sp³-hybridized carbons (Fsp3) is 1.00. The Morgan fingerprint density at radius 1 is 1.18 bits per heavy atom. The summed E-state index contributed by atoms with van der Waals surface area (Å²) in [5, 5.41) is 3.42. The Kier molecular flexibility index (Phi) is 8.67. The second-order valence-electron chi connectivity index (χ2n) is 5.21. The van der Waals surface area contributed by atoms with Crippen molar-refractivity contribution < 1.29 is 4.74 Å². The Hall–Kier alpha value is -0.120. The van der Waals surface area contributed by atoms with Gasteiger partial charge >= 0.3 is 0 Å². The monoisotopic (exact) mass is 242 g/mol. The van der Waals surface area contributed by atoms with E-state index in [2.05, 4.69) is 17.3 Å². The van der Waals surface area contributed by atoms with Gasteiger partial charge in [-0.25, -0.2) is 0 Å². The van der Waals surface area contributed by atoms with Crippen LogP contribution in [0.25, 0.3) is 0 Å². The zero-order valence-corrected chi connectivity index (χ0v) is 11.7. The molecule has 0 unspecified atom stereocenters. The van der Waals surface area contributed by atoms with Gasteiger partial charge in [0.25, 0.3) is 0 Å². The summed E-state index contributed by atoms with van der Waals surface area (Å²) in [4.78, 5) is 2.48. The van der Waals surface area contributed by atoms with E-state index < -0.39 is 0 Å². The van der Waals surface area contributed by atoms with Crippen molar-refractivity contribution in [2.24, 2.45) is 5.92 Å². The molecule has 0 spiro atoms. The molecule has 3 nitrogen and oxygen atoms in total. The van der Waals surface area contributed by atoms with Gasteiger partial charge in [-0.2, -0.15) is 0 Å². The number of nitrogens with one attached hydrogen (secondary N) is 1. The molecule has 0 saturated heterocycles. The number of rotatable bonds is 9. The van der Waals surface area contributed by atoms with Gasteiger partial charge in [0.1, 0.15) is 0 Å². The molecule has 0 amide bonds. The van der Waals surface area contributed by atoms with Crippen LogP contribution in [-0.4, -0.2) is 51.3 Å². The minimum absolute atomic E-state index is 0.823. The Morgan fingerprint density at radius 2 is 1.94 bits per heavy atom. The van der Waals surface area contributed by atoms with Crippen LogP contribution in [0.15, 0.2) is 0 Å². The van der Waals surface area contributed by atoms with Crippen LogP contribution in [0.4, 0.5) is 0 Å². The normalized spacial score (nSPS) is 17.8. The maximum absolute atomic E-state index is 5.29. The smallest absolute Gasteiger partial charge is 0.0590 e. The van der Waals surface area contributed by atoms with Crippen LogP contribution in [0.1, 0.15) is 39.0 Å². The van der Waals surface area contributed by atoms with Crippen LogP contribution in [-0.2, 0) is 4.74 Å². The van der Waals surface area contributed by atoms with E-state index in [-0.39, 0.29) is 0 Å². The Balaban J connectivity index is 1.91. The number of nitrogens with zero attached hydrogens (tertiary/aromatic N) is 1. The third-order valence-corrected chi connectivity index (χ3v) is 3.59. The van der Waals surface area contributed by atoms with Crippen molar-refractivity contribution in [1.29, 1.82) is 0 Å². The van der Waals surface area contributed by atoms with Crippen molar-refractivity contribution >= 4 is 0 Å². The highest BCUT2D eigenvalue weighted by Crippen LogP contribution is 2.23. The summed E-state index contributed by atoms with van der Waals surface area (Å²) in [6, 6.07) is 0. The summed E-state index contributed by atoms with van der Waals surface area (Å²) >= 11 is 0. The molecule has 17 heavy (non-hydrogen) atoms. The van der Waals surface area contributed by atoms with E-state index in [1.54, 1.807) is 0 Å². The minimum atomic E-state index is 0.823. The first kappa shape index (κ1) is 14.9. The van der Waals surface area contributed by atoms with Crippen LogP contribution < -0.4 is 5.32 Å². The van der Waals surface area contributed by atoms with E-state index in [4.69, 9.17) is 4.74 Å². The van der Waals surface area contributed by atoms with Gasteiger partial charge < -0.3 is 15.0 Å². The van der Waals surface area contributed by atoms with Gasteiger partial charge in [-0.1, -0.05) is 19.3 Å². The third-order valence-electron chi connectivity index (χ3n) is 3.59. The fourth-order valence-corrected chi connectivity index (χ4v) is 2.59. The molecule has 0 aromatic heterocycles. The molecule has 0 radical (unpaired) electrons. The molecule has 1 N–H and O–H groups in total. The van der Waals surface area contributed by atoms with Crippen molar-refractivity contribution in [3.8, 4) is 0 Å². The highest BCUT2D eigenvalue weighted by atomic mass is 16.5. The minimum Gasteiger partial charge on any atom is -0.380 e. The molecule has 0 aromatic rings. The van der Waals surface area contributed by atoms with Crippen LogP contribution in [0.5, 0.6) is 0 Å². The van der Waals surface area contributed by atoms with E-state index in [9.17, 15) is 0 Å². The van der Waals surface area contributed by atoms with E-state index in [1.807, 2.05) is 6.92 Å². The van der Waals surface area contributed by atoms with Crippen molar-refractivity contribution in [3.05, 3.63) is 0 Å². The van der Waals surface area contributed by atoms with E-state index in [0.29, 0.717) is 0 Å². The molecular weight excluding hydrogens is 212 g/mol. The molecule has 0 aliphatic heterocycles. The summed E-state index contributed by atoms with van der Waals surface area (Å²) in [5.74, 6) is 0.956. The lowest BCUT2D eigenvalue weighted by atomic mass is 9.89. The number of likely N-dealkylation sites (N-methyl/N-ethyl adjacent to an activating group) is 1. The molecule has 0 heterocycles. The topological polar surface area (TPSA) is 24.5 Å². The molecule has 102 valence electrons. The molecule has 0 atom stereocenters. The van der Waals surface area contributed by atoms with Gasteiger partial charge in [0, 0.05) is 32.8 Å². The highest BCUT2D eigenvalue weighted by molar-refractivity contribution is 4.69. The molecule has 1 saturated carbocycles. The molecular formula is C14H30N2O. The molecule has 1 fully saturated rings. The Labute approximate surface area is 107 Å². The first-order valence-electron chi connectivity index (χ1n) is 7.30. The molecule has 0 aromatic carbocycles. The van der Waals surface area contributed by atoms with E-state index >= 15 is 0 Å².